The van der Waals surface area contributed by atoms with E-state index in [2.05, 4.69) is 5.10 Å². The molecule has 0 bridgehead atoms. The zero-order valence-electron chi connectivity index (χ0n) is 12.5. The molecule has 0 fully saturated rings. The molecule has 1 aliphatic rings. The van der Waals surface area contributed by atoms with Gasteiger partial charge in [0.05, 0.1) is 25.3 Å². The second kappa shape index (κ2) is 5.68. The molecule has 1 aliphatic heterocycles. The van der Waals surface area contributed by atoms with Crippen LogP contribution in [0, 0.1) is 17.6 Å². The van der Waals surface area contributed by atoms with E-state index in [4.69, 9.17) is 4.74 Å². The van der Waals surface area contributed by atoms with Crippen molar-refractivity contribution in [2.45, 2.75) is 26.3 Å². The number of aromatic nitrogens is 2. The Morgan fingerprint density at radius 2 is 2.05 bits per heavy atom. The van der Waals surface area contributed by atoms with Crippen LogP contribution in [0.3, 0.4) is 0 Å². The van der Waals surface area contributed by atoms with E-state index in [-0.39, 0.29) is 29.7 Å². The summed E-state index contributed by atoms with van der Waals surface area (Å²) in [5, 5.41) is 13.6. The first kappa shape index (κ1) is 15.0. The lowest BCUT2D eigenvalue weighted by Gasteiger charge is -2.23. The highest BCUT2D eigenvalue weighted by molar-refractivity contribution is 5.67. The number of hydrogen-bond acceptors (Lipinski definition) is 3. The minimum absolute atomic E-state index is 0.00318. The molecule has 1 aromatic carbocycles. The molecule has 0 saturated carbocycles. The van der Waals surface area contributed by atoms with Crippen LogP contribution >= 0.6 is 0 Å². The Hall–Kier alpha value is -1.95. The number of benzene rings is 1. The quantitative estimate of drug-likeness (QED) is 0.948. The van der Waals surface area contributed by atoms with Crippen molar-refractivity contribution in [1.29, 1.82) is 0 Å². The topological polar surface area (TPSA) is 47.3 Å². The van der Waals surface area contributed by atoms with Gasteiger partial charge in [-0.3, -0.25) is 0 Å². The van der Waals surface area contributed by atoms with Gasteiger partial charge in [-0.15, -0.1) is 0 Å². The fraction of sp³-hybridized carbons (Fsp3) is 0.438. The van der Waals surface area contributed by atoms with Gasteiger partial charge in [0.2, 0.25) is 5.88 Å². The molecule has 2 heterocycles. The summed E-state index contributed by atoms with van der Waals surface area (Å²) in [4.78, 5) is 0. The van der Waals surface area contributed by atoms with Gasteiger partial charge in [0, 0.05) is 11.5 Å². The molecule has 22 heavy (non-hydrogen) atoms. The smallest absolute Gasteiger partial charge is 0.215 e. The van der Waals surface area contributed by atoms with Gasteiger partial charge >= 0.3 is 0 Å². The SMILES string of the molecule is CC(C)c1c(-c2c(F)cccc2F)nn2c1OC[C@H](CO)C2. The number of halogens is 2. The normalized spacial score (nSPS) is 17.5. The minimum Gasteiger partial charge on any atom is -0.477 e. The fourth-order valence-electron chi connectivity index (χ4n) is 2.77. The van der Waals surface area contributed by atoms with E-state index >= 15 is 0 Å². The van der Waals surface area contributed by atoms with Gasteiger partial charge in [0.25, 0.3) is 0 Å². The summed E-state index contributed by atoms with van der Waals surface area (Å²) in [6, 6.07) is 3.77. The van der Waals surface area contributed by atoms with E-state index in [1.165, 1.54) is 18.2 Å². The molecule has 0 radical (unpaired) electrons. The van der Waals surface area contributed by atoms with Gasteiger partial charge in [-0.05, 0) is 18.1 Å². The first-order valence-electron chi connectivity index (χ1n) is 7.31. The molecule has 6 heteroatoms. The summed E-state index contributed by atoms with van der Waals surface area (Å²) in [6.45, 7) is 4.70. The maximum atomic E-state index is 14.1. The van der Waals surface area contributed by atoms with Crippen LogP contribution in [0.1, 0.15) is 25.3 Å². The second-order valence-corrected chi connectivity index (χ2v) is 5.86. The second-order valence-electron chi connectivity index (χ2n) is 5.86. The maximum absolute atomic E-state index is 14.1. The summed E-state index contributed by atoms with van der Waals surface area (Å²) in [6.07, 6.45) is 0. The van der Waals surface area contributed by atoms with Crippen molar-refractivity contribution in [1.82, 2.24) is 9.78 Å². The first-order chi connectivity index (χ1) is 10.5. The molecular weight excluding hydrogens is 290 g/mol. The zero-order valence-corrected chi connectivity index (χ0v) is 12.5. The van der Waals surface area contributed by atoms with Crippen molar-refractivity contribution in [3.63, 3.8) is 0 Å². The lowest BCUT2D eigenvalue weighted by molar-refractivity contribution is 0.107. The van der Waals surface area contributed by atoms with E-state index in [0.717, 1.165) is 0 Å². The summed E-state index contributed by atoms with van der Waals surface area (Å²) >= 11 is 0. The van der Waals surface area contributed by atoms with Gasteiger partial charge in [-0.1, -0.05) is 19.9 Å². The molecule has 1 N–H and O–H groups in total. The first-order valence-corrected chi connectivity index (χ1v) is 7.31. The molecule has 118 valence electrons. The Labute approximate surface area is 127 Å². The lowest BCUT2D eigenvalue weighted by Crippen LogP contribution is -2.28. The van der Waals surface area contributed by atoms with Crippen molar-refractivity contribution in [3.8, 4) is 17.1 Å². The molecule has 1 atom stereocenters. The number of rotatable bonds is 3. The average molecular weight is 308 g/mol. The van der Waals surface area contributed by atoms with E-state index in [1.807, 2.05) is 13.8 Å². The highest BCUT2D eigenvalue weighted by atomic mass is 19.1. The van der Waals surface area contributed by atoms with Gasteiger partial charge < -0.3 is 9.84 Å². The summed E-state index contributed by atoms with van der Waals surface area (Å²) in [5.74, 6) is -0.807. The molecule has 0 saturated heterocycles. The molecule has 1 aromatic heterocycles. The van der Waals surface area contributed by atoms with Crippen molar-refractivity contribution in [2.75, 3.05) is 13.2 Å². The molecule has 0 spiro atoms. The molecule has 0 aliphatic carbocycles. The molecule has 4 nitrogen and oxygen atoms in total. The largest absolute Gasteiger partial charge is 0.477 e. The Kier molecular flexibility index (Phi) is 3.87. The average Bonchev–Trinajstić information content (AvgIpc) is 2.84. The number of ether oxygens (including phenoxy) is 1. The van der Waals surface area contributed by atoms with E-state index < -0.39 is 11.6 Å². The molecule has 3 rings (SSSR count). The number of aliphatic hydroxyl groups excluding tert-OH is 1. The predicted molar refractivity (Wildman–Crippen MR) is 77.7 cm³/mol. The van der Waals surface area contributed by atoms with Crippen molar-refractivity contribution in [2.24, 2.45) is 5.92 Å². The van der Waals surface area contributed by atoms with Gasteiger partial charge in [0.15, 0.2) is 0 Å². The third-order valence-electron chi connectivity index (χ3n) is 3.86. The number of hydrogen-bond donors (Lipinski definition) is 1. The van der Waals surface area contributed by atoms with E-state index in [9.17, 15) is 13.9 Å². The van der Waals surface area contributed by atoms with Crippen LogP contribution in [0.5, 0.6) is 5.88 Å². The summed E-state index contributed by atoms with van der Waals surface area (Å²) in [7, 11) is 0. The maximum Gasteiger partial charge on any atom is 0.215 e. The molecule has 0 amide bonds. The Morgan fingerprint density at radius 3 is 2.64 bits per heavy atom. The number of nitrogens with zero attached hydrogens (tertiary/aromatic N) is 2. The highest BCUT2D eigenvalue weighted by Crippen LogP contribution is 2.39. The Morgan fingerprint density at radius 1 is 1.36 bits per heavy atom. The highest BCUT2D eigenvalue weighted by Gasteiger charge is 2.30. The Balaban J connectivity index is 2.18. The van der Waals surface area contributed by atoms with Crippen LogP contribution in [0.2, 0.25) is 0 Å². The third kappa shape index (κ3) is 2.37. The van der Waals surface area contributed by atoms with Crippen molar-refractivity contribution >= 4 is 0 Å². The van der Waals surface area contributed by atoms with Gasteiger partial charge in [-0.2, -0.15) is 5.10 Å². The standard InChI is InChI=1S/C16H18F2N2O2/c1-9(2)13-15(14-11(17)4-3-5-12(14)18)19-20-6-10(7-21)8-22-16(13)20/h3-5,9-10,21H,6-8H2,1-2H3/t10-/m0/s1. The Bertz CT molecular complexity index is 677. The predicted octanol–water partition coefficient (Wildman–Crippen LogP) is 2.95. The molecule has 2 aromatic rings. The van der Waals surface area contributed by atoms with Crippen LogP contribution < -0.4 is 4.74 Å². The van der Waals surface area contributed by atoms with Crippen LogP contribution in [0.15, 0.2) is 18.2 Å². The number of aliphatic hydroxyl groups is 1. The summed E-state index contributed by atoms with van der Waals surface area (Å²) in [5.41, 5.74) is 0.844. The van der Waals surface area contributed by atoms with Crippen LogP contribution in [0.4, 0.5) is 8.78 Å². The zero-order chi connectivity index (χ0) is 15.9. The van der Waals surface area contributed by atoms with Crippen LogP contribution in [-0.2, 0) is 6.54 Å². The van der Waals surface area contributed by atoms with Gasteiger partial charge in [0.1, 0.15) is 17.3 Å². The lowest BCUT2D eigenvalue weighted by atomic mass is 9.98. The van der Waals surface area contributed by atoms with E-state index in [0.29, 0.717) is 24.6 Å². The molecule has 0 unspecified atom stereocenters. The summed E-state index contributed by atoms with van der Waals surface area (Å²) < 4.78 is 35.5. The van der Waals surface area contributed by atoms with Crippen LogP contribution in [-0.4, -0.2) is 28.1 Å². The van der Waals surface area contributed by atoms with E-state index in [1.54, 1.807) is 4.68 Å². The monoisotopic (exact) mass is 308 g/mol. The van der Waals surface area contributed by atoms with Gasteiger partial charge in [-0.25, -0.2) is 13.5 Å². The minimum atomic E-state index is -0.643. The molecular formula is C16H18F2N2O2. The number of fused-ring (bicyclic) bond motifs is 1. The fourth-order valence-corrected chi connectivity index (χ4v) is 2.77. The van der Waals surface area contributed by atoms with Crippen molar-refractivity contribution < 1.29 is 18.6 Å². The third-order valence-corrected chi connectivity index (χ3v) is 3.86. The van der Waals surface area contributed by atoms with Crippen molar-refractivity contribution in [3.05, 3.63) is 35.4 Å². The van der Waals surface area contributed by atoms with Crippen LogP contribution in [0.25, 0.3) is 11.3 Å².